The first-order valence-electron chi connectivity index (χ1n) is 5.20. The summed E-state index contributed by atoms with van der Waals surface area (Å²) in [5, 5.41) is 9.32. The molecular formula is C11H21NO3Si. The molecule has 0 aromatic carbocycles. The maximum absolute atomic E-state index is 11.8. The predicted octanol–water partition coefficient (Wildman–Crippen LogP) is 2.32. The van der Waals surface area contributed by atoms with Gasteiger partial charge in [0, 0.05) is 5.41 Å². The first-order chi connectivity index (χ1) is 7.00. The Morgan fingerprint density at radius 1 is 1.25 bits per heavy atom. The van der Waals surface area contributed by atoms with Gasteiger partial charge in [-0.2, -0.15) is 5.26 Å². The van der Waals surface area contributed by atoms with E-state index in [2.05, 4.69) is 0 Å². The number of hydrogen-bond acceptors (Lipinski definition) is 4. The number of ether oxygens (including phenoxy) is 1. The minimum Gasteiger partial charge on any atom is -0.466 e. The van der Waals surface area contributed by atoms with Crippen molar-refractivity contribution in [3.63, 3.8) is 0 Å². The molecule has 0 amide bonds. The van der Waals surface area contributed by atoms with Gasteiger partial charge < -0.3 is 9.16 Å². The van der Waals surface area contributed by atoms with E-state index >= 15 is 0 Å². The molecule has 0 aromatic rings. The molecule has 0 bridgehead atoms. The average molecular weight is 243 g/mol. The van der Waals surface area contributed by atoms with E-state index in [0.29, 0.717) is 0 Å². The van der Waals surface area contributed by atoms with Crippen LogP contribution in [0.1, 0.15) is 20.8 Å². The molecule has 0 aliphatic carbocycles. The lowest BCUT2D eigenvalue weighted by molar-refractivity contribution is -0.163. The molecule has 92 valence electrons. The van der Waals surface area contributed by atoms with E-state index in [-0.39, 0.29) is 0 Å². The molecule has 5 heteroatoms. The molecule has 0 spiro atoms. The van der Waals surface area contributed by atoms with Crippen LogP contribution in [0.2, 0.25) is 19.6 Å². The smallest absolute Gasteiger partial charge is 0.352 e. The normalized spacial score (nSPS) is 16.1. The summed E-state index contributed by atoms with van der Waals surface area (Å²) in [5.41, 5.74) is -2.15. The molecule has 0 unspecified atom stereocenters. The molecule has 0 rings (SSSR count). The van der Waals surface area contributed by atoms with Crippen molar-refractivity contribution < 1.29 is 14.0 Å². The SMILES string of the molecule is COC(=O)[C@@](C#N)(O[Si](C)(C)C)C(C)(C)C. The maximum atomic E-state index is 11.8. The van der Waals surface area contributed by atoms with Crippen molar-refractivity contribution in [1.29, 1.82) is 5.26 Å². The molecule has 1 atom stereocenters. The summed E-state index contributed by atoms with van der Waals surface area (Å²) in [7, 11) is -0.754. The zero-order valence-corrected chi connectivity index (χ0v) is 12.2. The van der Waals surface area contributed by atoms with E-state index in [4.69, 9.17) is 9.16 Å². The number of methoxy groups -OCH3 is 1. The van der Waals surface area contributed by atoms with E-state index in [1.54, 1.807) is 20.8 Å². The van der Waals surface area contributed by atoms with Gasteiger partial charge in [-0.1, -0.05) is 20.8 Å². The van der Waals surface area contributed by atoms with Gasteiger partial charge in [0.15, 0.2) is 8.32 Å². The summed E-state index contributed by atoms with van der Waals surface area (Å²) >= 11 is 0. The average Bonchev–Trinajstić information content (AvgIpc) is 2.09. The predicted molar refractivity (Wildman–Crippen MR) is 64.2 cm³/mol. The van der Waals surface area contributed by atoms with Crippen molar-refractivity contribution in [3.05, 3.63) is 0 Å². The Bertz CT molecular complexity index is 309. The molecule has 0 saturated carbocycles. The van der Waals surface area contributed by atoms with Crippen LogP contribution in [-0.4, -0.2) is 27.0 Å². The minimum atomic E-state index is -2.03. The number of nitrogens with zero attached hydrogens (tertiary/aromatic N) is 1. The summed E-state index contributed by atoms with van der Waals surface area (Å²) in [6.07, 6.45) is 0. The molecule has 0 fully saturated rings. The number of rotatable bonds is 3. The molecule has 0 aliphatic heterocycles. The van der Waals surface area contributed by atoms with Crippen molar-refractivity contribution in [2.45, 2.75) is 46.0 Å². The standard InChI is InChI=1S/C11H21NO3Si/c1-10(2,3)11(8-12,9(13)14-4)15-16(5,6)7/h1-7H3/t11-/m1/s1. The molecule has 0 aliphatic rings. The number of carbonyl (C=O) groups excluding carboxylic acids is 1. The lowest BCUT2D eigenvalue weighted by atomic mass is 9.77. The van der Waals surface area contributed by atoms with Crippen molar-refractivity contribution in [1.82, 2.24) is 0 Å². The second-order valence-corrected chi connectivity index (χ2v) is 10.2. The van der Waals surface area contributed by atoms with Crippen LogP contribution in [0, 0.1) is 16.7 Å². The van der Waals surface area contributed by atoms with Crippen molar-refractivity contribution in [3.8, 4) is 6.07 Å². The minimum absolute atomic E-state index is 0.620. The van der Waals surface area contributed by atoms with Gasteiger partial charge >= 0.3 is 5.97 Å². The Kier molecular flexibility index (Phi) is 4.31. The number of nitriles is 1. The third-order valence-corrected chi connectivity index (χ3v) is 3.06. The highest BCUT2D eigenvalue weighted by atomic mass is 28.4. The van der Waals surface area contributed by atoms with Gasteiger partial charge in [-0.25, -0.2) is 4.79 Å². The van der Waals surface area contributed by atoms with Gasteiger partial charge in [0.05, 0.1) is 7.11 Å². The topological polar surface area (TPSA) is 59.3 Å². The monoisotopic (exact) mass is 243 g/mol. The van der Waals surface area contributed by atoms with Crippen LogP contribution in [0.3, 0.4) is 0 Å². The molecule has 4 nitrogen and oxygen atoms in total. The Labute approximate surface area is 98.7 Å². The van der Waals surface area contributed by atoms with Crippen LogP contribution < -0.4 is 0 Å². The zero-order chi connectivity index (χ0) is 13.2. The fraction of sp³-hybridized carbons (Fsp3) is 0.818. The van der Waals surface area contributed by atoms with Gasteiger partial charge in [0.25, 0.3) is 0 Å². The van der Waals surface area contributed by atoms with Gasteiger partial charge in [-0.3, -0.25) is 0 Å². The number of esters is 1. The lowest BCUT2D eigenvalue weighted by Gasteiger charge is -2.40. The summed E-state index contributed by atoms with van der Waals surface area (Å²) < 4.78 is 10.5. The zero-order valence-electron chi connectivity index (χ0n) is 11.2. The molecule has 0 heterocycles. The van der Waals surface area contributed by atoms with Crippen LogP contribution in [0.15, 0.2) is 0 Å². The first kappa shape index (κ1) is 15.1. The highest BCUT2D eigenvalue weighted by Crippen LogP contribution is 2.36. The van der Waals surface area contributed by atoms with Crippen molar-refractivity contribution >= 4 is 14.3 Å². The van der Waals surface area contributed by atoms with E-state index in [0.717, 1.165) is 0 Å². The van der Waals surface area contributed by atoms with Gasteiger partial charge in [0.1, 0.15) is 6.07 Å². The third kappa shape index (κ3) is 3.06. The van der Waals surface area contributed by atoms with E-state index in [1.807, 2.05) is 25.7 Å². The fourth-order valence-electron chi connectivity index (χ4n) is 1.34. The van der Waals surface area contributed by atoms with E-state index in [9.17, 15) is 10.1 Å². The van der Waals surface area contributed by atoms with Crippen LogP contribution in [0.25, 0.3) is 0 Å². The maximum Gasteiger partial charge on any atom is 0.352 e. The summed E-state index contributed by atoms with van der Waals surface area (Å²) in [6.45, 7) is 11.2. The highest BCUT2D eigenvalue weighted by Gasteiger charge is 2.54. The largest absolute Gasteiger partial charge is 0.466 e. The molecule has 16 heavy (non-hydrogen) atoms. The lowest BCUT2D eigenvalue weighted by Crippen LogP contribution is -2.56. The van der Waals surface area contributed by atoms with Gasteiger partial charge in [-0.15, -0.1) is 0 Å². The second kappa shape index (κ2) is 4.56. The Morgan fingerprint density at radius 2 is 1.69 bits per heavy atom. The summed E-state index contributed by atoms with van der Waals surface area (Å²) in [4.78, 5) is 11.8. The molecule has 0 N–H and O–H groups in total. The molecule has 0 aromatic heterocycles. The Balaban J connectivity index is 5.52. The highest BCUT2D eigenvalue weighted by molar-refractivity contribution is 6.70. The van der Waals surface area contributed by atoms with Crippen LogP contribution in [0.4, 0.5) is 0 Å². The van der Waals surface area contributed by atoms with Gasteiger partial charge in [-0.05, 0) is 19.6 Å². The quantitative estimate of drug-likeness (QED) is 0.564. The summed E-state index contributed by atoms with van der Waals surface area (Å²) in [6, 6.07) is 2.00. The second-order valence-electron chi connectivity index (χ2n) is 5.75. The first-order valence-corrected chi connectivity index (χ1v) is 8.61. The summed E-state index contributed by atoms with van der Waals surface area (Å²) in [5.74, 6) is -0.620. The molecule has 0 saturated heterocycles. The third-order valence-electron chi connectivity index (χ3n) is 2.15. The van der Waals surface area contributed by atoms with E-state index in [1.165, 1.54) is 7.11 Å². The fourth-order valence-corrected chi connectivity index (χ4v) is 2.69. The Morgan fingerprint density at radius 3 is 1.88 bits per heavy atom. The number of hydrogen-bond donors (Lipinski definition) is 0. The van der Waals surface area contributed by atoms with Crippen molar-refractivity contribution in [2.24, 2.45) is 5.41 Å². The van der Waals surface area contributed by atoms with E-state index < -0.39 is 25.3 Å². The molecule has 0 radical (unpaired) electrons. The number of carbonyl (C=O) groups is 1. The van der Waals surface area contributed by atoms with Crippen LogP contribution >= 0.6 is 0 Å². The van der Waals surface area contributed by atoms with Crippen LogP contribution in [-0.2, 0) is 14.0 Å². The van der Waals surface area contributed by atoms with Crippen molar-refractivity contribution in [2.75, 3.05) is 7.11 Å². The van der Waals surface area contributed by atoms with Crippen LogP contribution in [0.5, 0.6) is 0 Å². The van der Waals surface area contributed by atoms with Gasteiger partial charge in [0.2, 0.25) is 5.60 Å². The Hall–Kier alpha value is -0.863. The molecular weight excluding hydrogens is 222 g/mol.